The Morgan fingerprint density at radius 2 is 2.21 bits per heavy atom. The second kappa shape index (κ2) is 4.57. The lowest BCUT2D eigenvalue weighted by Gasteiger charge is -2.28. The van der Waals surface area contributed by atoms with Gasteiger partial charge in [0.2, 0.25) is 0 Å². The highest BCUT2D eigenvalue weighted by molar-refractivity contribution is 4.88. The summed E-state index contributed by atoms with van der Waals surface area (Å²) < 4.78 is 0. The predicted octanol–water partition coefficient (Wildman–Crippen LogP) is -0.668. The number of nitrogens with zero attached hydrogens (tertiary/aromatic N) is 2. The van der Waals surface area contributed by atoms with E-state index in [0.29, 0.717) is 6.04 Å². The van der Waals surface area contributed by atoms with Gasteiger partial charge >= 0.3 is 0 Å². The molecule has 2 atom stereocenters. The largest absolute Gasteiger partial charge is 0.394 e. The van der Waals surface area contributed by atoms with Crippen LogP contribution in [0, 0.1) is 0 Å². The molecule has 3 N–H and O–H groups in total. The third-order valence-corrected chi connectivity index (χ3v) is 2.92. The highest BCUT2D eigenvalue weighted by Gasteiger charge is 2.28. The Morgan fingerprint density at radius 3 is 2.64 bits per heavy atom. The van der Waals surface area contributed by atoms with Crippen LogP contribution >= 0.6 is 0 Å². The number of likely N-dealkylation sites (N-methyl/N-ethyl adjacent to an activating group) is 1. The number of hydrogen-bond donors (Lipinski definition) is 2. The Hall–Kier alpha value is -0.160. The first-order chi connectivity index (χ1) is 6.44. The fraction of sp³-hybridized carbons (Fsp3) is 1.00. The highest BCUT2D eigenvalue weighted by atomic mass is 16.3. The lowest BCUT2D eigenvalue weighted by molar-refractivity contribution is 0.157. The Bertz CT molecular complexity index is 182. The van der Waals surface area contributed by atoms with E-state index in [2.05, 4.69) is 23.9 Å². The molecule has 0 aromatic carbocycles. The second-order valence-corrected chi connectivity index (χ2v) is 4.95. The minimum Gasteiger partial charge on any atom is -0.394 e. The topological polar surface area (TPSA) is 52.7 Å². The standard InChI is InChI=1S/C10H23N3O/c1-10(11,8-14)7-13-5-4-9(6-13)12(2)3/h9,14H,4-8,11H2,1-3H3. The summed E-state index contributed by atoms with van der Waals surface area (Å²) in [6, 6.07) is 0.643. The Balaban J connectivity index is 2.36. The van der Waals surface area contributed by atoms with Crippen LogP contribution in [0.15, 0.2) is 0 Å². The van der Waals surface area contributed by atoms with E-state index >= 15 is 0 Å². The average molecular weight is 201 g/mol. The summed E-state index contributed by atoms with van der Waals surface area (Å²) >= 11 is 0. The van der Waals surface area contributed by atoms with Gasteiger partial charge in [0.25, 0.3) is 0 Å². The van der Waals surface area contributed by atoms with Crippen molar-refractivity contribution in [3.63, 3.8) is 0 Å². The minimum atomic E-state index is -0.457. The summed E-state index contributed by atoms with van der Waals surface area (Å²) in [5.41, 5.74) is 5.45. The molecule has 0 spiro atoms. The van der Waals surface area contributed by atoms with E-state index in [4.69, 9.17) is 10.8 Å². The Kier molecular flexibility index (Phi) is 3.89. The molecular formula is C10H23N3O. The molecule has 4 nitrogen and oxygen atoms in total. The molecule has 2 unspecified atom stereocenters. The molecule has 0 amide bonds. The SMILES string of the molecule is CN(C)C1CCN(CC(C)(N)CO)C1. The van der Waals surface area contributed by atoms with E-state index in [-0.39, 0.29) is 6.61 Å². The maximum Gasteiger partial charge on any atom is 0.0621 e. The van der Waals surface area contributed by atoms with Crippen LogP contribution in [-0.2, 0) is 0 Å². The van der Waals surface area contributed by atoms with Crippen LogP contribution in [-0.4, -0.2) is 66.8 Å². The van der Waals surface area contributed by atoms with Crippen LogP contribution in [0.25, 0.3) is 0 Å². The molecule has 0 aliphatic carbocycles. The molecule has 1 aliphatic heterocycles. The van der Waals surface area contributed by atoms with Gasteiger partial charge in [-0.2, -0.15) is 0 Å². The van der Waals surface area contributed by atoms with E-state index in [1.54, 1.807) is 0 Å². The van der Waals surface area contributed by atoms with Gasteiger partial charge < -0.3 is 15.7 Å². The van der Waals surface area contributed by atoms with Crippen molar-refractivity contribution in [2.45, 2.75) is 24.9 Å². The third-order valence-electron chi connectivity index (χ3n) is 2.92. The van der Waals surface area contributed by atoms with E-state index < -0.39 is 5.54 Å². The molecule has 0 radical (unpaired) electrons. The smallest absolute Gasteiger partial charge is 0.0621 e. The minimum absolute atomic E-state index is 0.0517. The first kappa shape index (κ1) is 11.9. The van der Waals surface area contributed by atoms with Gasteiger partial charge in [-0.25, -0.2) is 0 Å². The quantitative estimate of drug-likeness (QED) is 0.633. The number of aliphatic hydroxyl groups excluding tert-OH is 1. The summed E-state index contributed by atoms with van der Waals surface area (Å²) in [5.74, 6) is 0. The molecule has 4 heteroatoms. The van der Waals surface area contributed by atoms with Gasteiger partial charge in [0.05, 0.1) is 6.61 Å². The summed E-state index contributed by atoms with van der Waals surface area (Å²) in [6.07, 6.45) is 1.20. The fourth-order valence-corrected chi connectivity index (χ4v) is 1.94. The second-order valence-electron chi connectivity index (χ2n) is 4.95. The van der Waals surface area contributed by atoms with E-state index in [1.807, 2.05) is 6.92 Å². The first-order valence-corrected chi connectivity index (χ1v) is 5.23. The van der Waals surface area contributed by atoms with Gasteiger partial charge in [-0.3, -0.25) is 4.90 Å². The lowest BCUT2D eigenvalue weighted by Crippen LogP contribution is -2.50. The molecule has 1 aliphatic rings. The lowest BCUT2D eigenvalue weighted by atomic mass is 10.1. The van der Waals surface area contributed by atoms with Gasteiger partial charge in [0.1, 0.15) is 0 Å². The zero-order chi connectivity index (χ0) is 10.8. The van der Waals surface area contributed by atoms with Gasteiger partial charge in [0, 0.05) is 24.7 Å². The predicted molar refractivity (Wildman–Crippen MR) is 58.2 cm³/mol. The number of rotatable bonds is 4. The monoisotopic (exact) mass is 201 g/mol. The molecule has 1 rings (SSSR count). The molecule has 14 heavy (non-hydrogen) atoms. The van der Waals surface area contributed by atoms with E-state index in [9.17, 15) is 0 Å². The number of likely N-dealkylation sites (tertiary alicyclic amines) is 1. The van der Waals surface area contributed by atoms with Crippen molar-refractivity contribution in [2.24, 2.45) is 5.73 Å². The molecule has 0 saturated carbocycles. The van der Waals surface area contributed by atoms with Gasteiger partial charge in [-0.1, -0.05) is 0 Å². The van der Waals surface area contributed by atoms with Crippen LogP contribution in [0.2, 0.25) is 0 Å². The van der Waals surface area contributed by atoms with Crippen molar-refractivity contribution in [3.05, 3.63) is 0 Å². The van der Waals surface area contributed by atoms with Crippen molar-refractivity contribution in [2.75, 3.05) is 40.3 Å². The molecule has 1 fully saturated rings. The van der Waals surface area contributed by atoms with Gasteiger partial charge in [0.15, 0.2) is 0 Å². The van der Waals surface area contributed by atoms with Crippen molar-refractivity contribution in [1.82, 2.24) is 9.80 Å². The normalized spacial score (nSPS) is 28.3. The number of hydrogen-bond acceptors (Lipinski definition) is 4. The summed E-state index contributed by atoms with van der Waals surface area (Å²) in [7, 11) is 4.23. The molecule has 0 aromatic rings. The summed E-state index contributed by atoms with van der Waals surface area (Å²) in [6.45, 7) is 4.90. The molecule has 0 aromatic heterocycles. The third kappa shape index (κ3) is 3.20. The van der Waals surface area contributed by atoms with Gasteiger partial charge in [-0.05, 0) is 34.0 Å². The van der Waals surface area contributed by atoms with E-state index in [1.165, 1.54) is 6.42 Å². The fourth-order valence-electron chi connectivity index (χ4n) is 1.94. The molecule has 84 valence electrons. The van der Waals surface area contributed by atoms with Crippen molar-refractivity contribution >= 4 is 0 Å². The van der Waals surface area contributed by atoms with Crippen molar-refractivity contribution < 1.29 is 5.11 Å². The van der Waals surface area contributed by atoms with Crippen LogP contribution < -0.4 is 5.73 Å². The van der Waals surface area contributed by atoms with Crippen LogP contribution in [0.1, 0.15) is 13.3 Å². The van der Waals surface area contributed by atoms with Crippen LogP contribution in [0.3, 0.4) is 0 Å². The summed E-state index contributed by atoms with van der Waals surface area (Å²) in [5, 5.41) is 9.07. The summed E-state index contributed by atoms with van der Waals surface area (Å²) in [4.78, 5) is 4.59. The van der Waals surface area contributed by atoms with Crippen LogP contribution in [0.5, 0.6) is 0 Å². The molecular weight excluding hydrogens is 178 g/mol. The molecule has 0 bridgehead atoms. The Labute approximate surface area is 86.7 Å². The van der Waals surface area contributed by atoms with Crippen molar-refractivity contribution in [1.29, 1.82) is 0 Å². The zero-order valence-corrected chi connectivity index (χ0v) is 9.53. The van der Waals surface area contributed by atoms with Crippen molar-refractivity contribution in [3.8, 4) is 0 Å². The molecule has 1 saturated heterocycles. The maximum absolute atomic E-state index is 9.07. The van der Waals surface area contributed by atoms with Crippen LogP contribution in [0.4, 0.5) is 0 Å². The maximum atomic E-state index is 9.07. The first-order valence-electron chi connectivity index (χ1n) is 5.23. The molecule has 1 heterocycles. The van der Waals surface area contributed by atoms with E-state index in [0.717, 1.165) is 19.6 Å². The number of aliphatic hydroxyl groups is 1. The number of nitrogens with two attached hydrogens (primary N) is 1. The average Bonchev–Trinajstić information content (AvgIpc) is 2.52. The Morgan fingerprint density at radius 1 is 1.57 bits per heavy atom. The zero-order valence-electron chi connectivity index (χ0n) is 9.53. The van der Waals surface area contributed by atoms with Gasteiger partial charge in [-0.15, -0.1) is 0 Å². The highest BCUT2D eigenvalue weighted by Crippen LogP contribution is 2.15.